The maximum Gasteiger partial charge on any atom is 0.336 e. The molecule has 4 unspecified atom stereocenters. The number of hydrogen-bond donors (Lipinski definition) is 12. The third-order valence-corrected chi connectivity index (χ3v) is 11.5. The highest BCUT2D eigenvalue weighted by Crippen LogP contribution is 2.30. The molecule has 3 rings (SSSR count). The molecule has 1 aliphatic rings. The Kier molecular flexibility index (Phi) is 23.8. The van der Waals surface area contributed by atoms with Crippen LogP contribution in [0.5, 0.6) is 11.8 Å². The van der Waals surface area contributed by atoms with Gasteiger partial charge in [-0.3, -0.25) is 43.2 Å². The molecule has 0 spiro atoms. The van der Waals surface area contributed by atoms with Gasteiger partial charge in [0, 0.05) is 62.4 Å². The Labute approximate surface area is 407 Å². The number of aromatic nitrogens is 1. The van der Waals surface area contributed by atoms with Crippen LogP contribution in [0, 0.1) is 18.8 Å². The normalized spacial score (nSPS) is 15.8. The van der Waals surface area contributed by atoms with Gasteiger partial charge in [0.1, 0.15) is 24.2 Å². The summed E-state index contributed by atoms with van der Waals surface area (Å²) < 4.78 is 0.594. The summed E-state index contributed by atoms with van der Waals surface area (Å²) in [6.07, 6.45) is -1.49. The summed E-state index contributed by atoms with van der Waals surface area (Å²) >= 11 is 0. The number of aryl methyl sites for hydroxylation is 1. The minimum Gasteiger partial charge on any atom is -0.492 e. The van der Waals surface area contributed by atoms with Gasteiger partial charge in [0.05, 0.1) is 5.92 Å². The molecular formula is C46H63N7O18. The summed E-state index contributed by atoms with van der Waals surface area (Å²) in [6.45, 7) is 2.18. The smallest absolute Gasteiger partial charge is 0.336 e. The van der Waals surface area contributed by atoms with Crippen molar-refractivity contribution >= 4 is 65.3 Å². The van der Waals surface area contributed by atoms with Gasteiger partial charge in [-0.25, -0.2) is 9.59 Å². The monoisotopic (exact) mass is 1000 g/mol. The number of hydrogen-bond acceptors (Lipinski definition) is 14. The average Bonchev–Trinajstić information content (AvgIpc) is 3.63. The number of rotatable bonds is 31. The zero-order chi connectivity index (χ0) is 52.6. The van der Waals surface area contributed by atoms with E-state index in [0.717, 1.165) is 17.7 Å². The Balaban J connectivity index is 1.54. The van der Waals surface area contributed by atoms with Gasteiger partial charge in [-0.1, -0.05) is 17.7 Å². The van der Waals surface area contributed by atoms with E-state index in [1.807, 2.05) is 13.0 Å². The Morgan fingerprint density at radius 2 is 1.06 bits per heavy atom. The number of carbonyl (C=O) groups excluding carboxylic acids is 7. The SMILES string of the molecule is Cc1cccc(C(=O)NCCCCC(NC(=O)C(CCC(=O)O)NC(=O)C(CCC(=O)O)NC(=O)C(CCC(=O)O)NC(=O)CCCCNC(=O)C2CCC(C(=O)On3c(O)ccc3O)CC2)C(=O)O)c1. The molecule has 25 heteroatoms. The fourth-order valence-electron chi connectivity index (χ4n) is 7.53. The first-order valence-electron chi connectivity index (χ1n) is 23.2. The predicted octanol–water partition coefficient (Wildman–Crippen LogP) is 0.474. The number of aromatic hydroxyl groups is 2. The molecule has 0 aliphatic heterocycles. The number of carboxylic acids is 4. The van der Waals surface area contributed by atoms with E-state index in [-0.39, 0.29) is 50.6 Å². The average molecular weight is 1000 g/mol. The maximum atomic E-state index is 13.6. The van der Waals surface area contributed by atoms with Crippen molar-refractivity contribution in [2.45, 2.75) is 134 Å². The van der Waals surface area contributed by atoms with Crippen LogP contribution in [0.15, 0.2) is 36.4 Å². The first-order chi connectivity index (χ1) is 33.6. The number of aliphatic carboxylic acids is 4. The van der Waals surface area contributed by atoms with Gasteiger partial charge < -0.3 is 67.4 Å². The number of amides is 6. The maximum absolute atomic E-state index is 13.6. The molecule has 1 aliphatic carbocycles. The third kappa shape index (κ3) is 20.8. The summed E-state index contributed by atoms with van der Waals surface area (Å²) in [4.78, 5) is 143. The van der Waals surface area contributed by atoms with E-state index >= 15 is 0 Å². The third-order valence-electron chi connectivity index (χ3n) is 11.5. The second-order valence-corrected chi connectivity index (χ2v) is 17.1. The second kappa shape index (κ2) is 29.3. The van der Waals surface area contributed by atoms with Gasteiger partial charge in [0.25, 0.3) is 5.91 Å². The van der Waals surface area contributed by atoms with Gasteiger partial charge in [0.15, 0.2) is 0 Å². The molecule has 71 heavy (non-hydrogen) atoms. The van der Waals surface area contributed by atoms with Crippen molar-refractivity contribution in [1.29, 1.82) is 0 Å². The highest BCUT2D eigenvalue weighted by molar-refractivity contribution is 5.96. The zero-order valence-corrected chi connectivity index (χ0v) is 39.2. The Hall–Kier alpha value is -7.73. The van der Waals surface area contributed by atoms with Crippen molar-refractivity contribution in [3.8, 4) is 11.8 Å². The molecule has 0 saturated heterocycles. The number of nitrogens with one attached hydrogen (secondary N) is 6. The molecule has 1 saturated carbocycles. The van der Waals surface area contributed by atoms with Crippen LogP contribution in [0.1, 0.15) is 119 Å². The molecule has 1 fully saturated rings. The number of carbonyl (C=O) groups is 11. The number of carboxylic acid groups (broad SMARTS) is 4. The van der Waals surface area contributed by atoms with Crippen LogP contribution in [-0.4, -0.2) is 138 Å². The van der Waals surface area contributed by atoms with Crippen LogP contribution in [-0.2, 0) is 47.9 Å². The van der Waals surface area contributed by atoms with Crippen LogP contribution < -0.4 is 36.7 Å². The first-order valence-corrected chi connectivity index (χ1v) is 23.2. The van der Waals surface area contributed by atoms with Crippen molar-refractivity contribution < 1.29 is 88.2 Å². The van der Waals surface area contributed by atoms with Gasteiger partial charge in [0.2, 0.25) is 41.3 Å². The van der Waals surface area contributed by atoms with Crippen LogP contribution in [0.4, 0.5) is 0 Å². The lowest BCUT2D eigenvalue weighted by molar-refractivity contribution is -0.152. The highest BCUT2D eigenvalue weighted by Gasteiger charge is 2.34. The van der Waals surface area contributed by atoms with Crippen LogP contribution in [0.25, 0.3) is 0 Å². The summed E-state index contributed by atoms with van der Waals surface area (Å²) in [7, 11) is 0. The first kappa shape index (κ1) is 57.6. The summed E-state index contributed by atoms with van der Waals surface area (Å²) in [6, 6.07) is 2.69. The van der Waals surface area contributed by atoms with Crippen molar-refractivity contribution in [1.82, 2.24) is 36.6 Å². The Morgan fingerprint density at radius 3 is 1.56 bits per heavy atom. The predicted molar refractivity (Wildman–Crippen MR) is 245 cm³/mol. The molecule has 0 bridgehead atoms. The Morgan fingerprint density at radius 1 is 0.577 bits per heavy atom. The Bertz CT molecular complexity index is 2200. The molecule has 4 atom stereocenters. The summed E-state index contributed by atoms with van der Waals surface area (Å²) in [5.41, 5.74) is 1.32. The number of nitrogens with zero attached hydrogens (tertiary/aromatic N) is 1. The molecule has 1 aromatic carbocycles. The van der Waals surface area contributed by atoms with Crippen LogP contribution >= 0.6 is 0 Å². The van der Waals surface area contributed by atoms with Crippen LogP contribution in [0.2, 0.25) is 0 Å². The topological polar surface area (TPSA) is 395 Å². The quantitative estimate of drug-likeness (QED) is 0.0457. The van der Waals surface area contributed by atoms with Crippen molar-refractivity contribution in [2.75, 3.05) is 13.1 Å². The molecule has 2 aromatic rings. The van der Waals surface area contributed by atoms with Gasteiger partial charge in [-0.05, 0) is 96.1 Å². The molecule has 1 heterocycles. The number of benzene rings is 1. The minimum atomic E-state index is -1.73. The molecule has 390 valence electrons. The molecule has 12 N–H and O–H groups in total. The lowest BCUT2D eigenvalue weighted by atomic mass is 9.81. The number of unbranched alkanes of at least 4 members (excludes halogenated alkanes) is 2. The minimum absolute atomic E-state index is 0.124. The summed E-state index contributed by atoms with van der Waals surface area (Å²) in [5, 5.41) is 72.0. The van der Waals surface area contributed by atoms with E-state index in [1.165, 1.54) is 0 Å². The summed E-state index contributed by atoms with van der Waals surface area (Å²) in [5.74, 6) is -12.8. The van der Waals surface area contributed by atoms with E-state index in [2.05, 4.69) is 31.9 Å². The molecule has 25 nitrogen and oxygen atoms in total. The van der Waals surface area contributed by atoms with Gasteiger partial charge >= 0.3 is 29.8 Å². The highest BCUT2D eigenvalue weighted by atomic mass is 16.7. The van der Waals surface area contributed by atoms with E-state index in [9.17, 15) is 83.4 Å². The lowest BCUT2D eigenvalue weighted by Gasteiger charge is -2.26. The molecular weight excluding hydrogens is 939 g/mol. The van der Waals surface area contributed by atoms with E-state index < -0.39 is 140 Å². The fourth-order valence-corrected chi connectivity index (χ4v) is 7.53. The van der Waals surface area contributed by atoms with Crippen LogP contribution in [0.3, 0.4) is 0 Å². The van der Waals surface area contributed by atoms with E-state index in [1.54, 1.807) is 18.2 Å². The van der Waals surface area contributed by atoms with Gasteiger partial charge in [-0.2, -0.15) is 0 Å². The lowest BCUT2D eigenvalue weighted by Crippen LogP contribution is -2.58. The molecule has 1 aromatic heterocycles. The molecule has 0 radical (unpaired) electrons. The second-order valence-electron chi connectivity index (χ2n) is 17.1. The zero-order valence-electron chi connectivity index (χ0n) is 39.2. The van der Waals surface area contributed by atoms with E-state index in [4.69, 9.17) is 4.84 Å². The fraction of sp³-hybridized carbons (Fsp3) is 0.543. The van der Waals surface area contributed by atoms with Crippen molar-refractivity contribution in [3.05, 3.63) is 47.5 Å². The van der Waals surface area contributed by atoms with Gasteiger partial charge in [-0.15, -0.1) is 4.73 Å². The largest absolute Gasteiger partial charge is 0.492 e. The van der Waals surface area contributed by atoms with Crippen molar-refractivity contribution in [2.24, 2.45) is 11.8 Å². The van der Waals surface area contributed by atoms with E-state index in [0.29, 0.717) is 48.8 Å². The molecule has 6 amide bonds. The van der Waals surface area contributed by atoms with Crippen molar-refractivity contribution in [3.63, 3.8) is 0 Å². The standard InChI is InChI=1S/C46H63N7O18/c1-26-7-6-8-29(25-26)41(64)48-23-4-2-9-33(45(68)69)52-44(67)32(17-22-39(61)62)51-43(66)31(16-21-38(59)60)50-42(65)30(15-20-37(57)58)49-34(54)10-3-5-24-47-40(63)27-11-13-28(14-12-27)46(70)71-53-35(55)18-19-36(53)56/h6-8,18-19,25,27-28,30-33,55-56H,2-5,9-17,20-24H2,1H3,(H,47,63)(H,48,64)(H,49,54)(H,50,65)(H,51,66)(H,52,67)(H,57,58)(H,59,60)(H,61,62)(H,68,69).